The van der Waals surface area contributed by atoms with Gasteiger partial charge < -0.3 is 11.5 Å². The second kappa shape index (κ2) is 2.72. The van der Waals surface area contributed by atoms with Gasteiger partial charge in [-0.3, -0.25) is 9.59 Å². The number of hydrogen-bond acceptors (Lipinski definition) is 2. The van der Waals surface area contributed by atoms with Gasteiger partial charge in [0, 0.05) is 0 Å². The molecule has 4 heteroatoms. The minimum Gasteiger partial charge on any atom is -0.369 e. The normalized spacial score (nSPS) is 42.2. The molecule has 0 aromatic heterocycles. The van der Waals surface area contributed by atoms with Gasteiger partial charge in [0.05, 0.1) is 11.8 Å². The highest BCUT2D eigenvalue weighted by atomic mass is 16.2. The van der Waals surface area contributed by atoms with E-state index in [-0.39, 0.29) is 23.7 Å². The van der Waals surface area contributed by atoms with Crippen LogP contribution < -0.4 is 11.5 Å². The summed E-state index contributed by atoms with van der Waals surface area (Å²) in [7, 11) is 0. The molecular weight excluding hydrogens is 168 g/mol. The van der Waals surface area contributed by atoms with Crippen LogP contribution in [0.2, 0.25) is 0 Å². The molecule has 0 spiro atoms. The zero-order chi connectivity index (χ0) is 9.59. The van der Waals surface area contributed by atoms with Crippen molar-refractivity contribution in [3.8, 4) is 0 Å². The number of rotatable bonds is 2. The van der Waals surface area contributed by atoms with Crippen LogP contribution >= 0.6 is 0 Å². The lowest BCUT2D eigenvalue weighted by atomic mass is 9.78. The summed E-state index contributed by atoms with van der Waals surface area (Å²) < 4.78 is 0. The number of fused-ring (bicyclic) bond motifs is 2. The summed E-state index contributed by atoms with van der Waals surface area (Å²) in [6.07, 6.45) is 3.02. The predicted octanol–water partition coefficient (Wildman–Crippen LogP) is -0.381. The van der Waals surface area contributed by atoms with E-state index in [0.717, 1.165) is 19.3 Å². The molecule has 2 fully saturated rings. The van der Waals surface area contributed by atoms with E-state index in [9.17, 15) is 9.59 Å². The molecule has 0 aliphatic heterocycles. The number of carbonyl (C=O) groups is 2. The molecule has 4 atom stereocenters. The van der Waals surface area contributed by atoms with Crippen molar-refractivity contribution in [3.05, 3.63) is 0 Å². The van der Waals surface area contributed by atoms with Crippen LogP contribution in [0.15, 0.2) is 0 Å². The zero-order valence-corrected chi connectivity index (χ0v) is 7.40. The fourth-order valence-corrected chi connectivity index (χ4v) is 3.11. The van der Waals surface area contributed by atoms with Gasteiger partial charge in [0.15, 0.2) is 0 Å². The van der Waals surface area contributed by atoms with Crippen LogP contribution in [0.25, 0.3) is 0 Å². The van der Waals surface area contributed by atoms with E-state index in [2.05, 4.69) is 0 Å². The Bertz CT molecular complexity index is 238. The summed E-state index contributed by atoms with van der Waals surface area (Å²) >= 11 is 0. The smallest absolute Gasteiger partial charge is 0.221 e. The first-order valence-electron chi connectivity index (χ1n) is 4.70. The number of nitrogens with two attached hydrogens (primary N) is 2. The zero-order valence-electron chi connectivity index (χ0n) is 7.40. The summed E-state index contributed by atoms with van der Waals surface area (Å²) in [4.78, 5) is 22.2. The molecule has 4 nitrogen and oxygen atoms in total. The lowest BCUT2D eigenvalue weighted by Crippen LogP contribution is -2.41. The third-order valence-electron chi connectivity index (χ3n) is 3.57. The molecule has 2 aliphatic rings. The lowest BCUT2D eigenvalue weighted by Gasteiger charge is -2.25. The van der Waals surface area contributed by atoms with E-state index in [1.807, 2.05) is 0 Å². The molecule has 72 valence electrons. The highest BCUT2D eigenvalue weighted by Crippen LogP contribution is 2.51. The van der Waals surface area contributed by atoms with Crippen LogP contribution in [0.5, 0.6) is 0 Å². The van der Waals surface area contributed by atoms with Crippen LogP contribution in [0.1, 0.15) is 19.3 Å². The fraction of sp³-hybridized carbons (Fsp3) is 0.778. The topological polar surface area (TPSA) is 86.2 Å². The Hall–Kier alpha value is -1.06. The molecule has 0 aromatic carbocycles. The lowest BCUT2D eigenvalue weighted by molar-refractivity contribution is -0.133. The Kier molecular flexibility index (Phi) is 1.78. The van der Waals surface area contributed by atoms with E-state index in [0.29, 0.717) is 11.8 Å². The highest BCUT2D eigenvalue weighted by Gasteiger charge is 2.52. The molecule has 4 N–H and O–H groups in total. The molecule has 13 heavy (non-hydrogen) atoms. The van der Waals surface area contributed by atoms with Gasteiger partial charge in [-0.25, -0.2) is 0 Å². The van der Waals surface area contributed by atoms with Crippen LogP contribution in [0, 0.1) is 23.7 Å². The average Bonchev–Trinajstić information content (AvgIpc) is 2.60. The van der Waals surface area contributed by atoms with Gasteiger partial charge in [-0.15, -0.1) is 0 Å². The highest BCUT2D eigenvalue weighted by molar-refractivity contribution is 5.87. The van der Waals surface area contributed by atoms with Crippen molar-refractivity contribution in [1.29, 1.82) is 0 Å². The average molecular weight is 182 g/mol. The number of amides is 2. The van der Waals surface area contributed by atoms with Crippen LogP contribution in [0.3, 0.4) is 0 Å². The van der Waals surface area contributed by atoms with Crippen LogP contribution in [0.4, 0.5) is 0 Å². The Morgan fingerprint density at radius 2 is 1.31 bits per heavy atom. The molecule has 2 rings (SSSR count). The molecule has 0 saturated heterocycles. The van der Waals surface area contributed by atoms with E-state index in [1.54, 1.807) is 0 Å². The van der Waals surface area contributed by atoms with Crippen molar-refractivity contribution in [2.75, 3.05) is 0 Å². The van der Waals surface area contributed by atoms with Crippen molar-refractivity contribution >= 4 is 11.8 Å². The van der Waals surface area contributed by atoms with Gasteiger partial charge in [0.25, 0.3) is 0 Å². The van der Waals surface area contributed by atoms with E-state index < -0.39 is 0 Å². The molecule has 2 aliphatic carbocycles. The first kappa shape index (κ1) is 8.53. The number of hydrogen-bond donors (Lipinski definition) is 2. The summed E-state index contributed by atoms with van der Waals surface area (Å²) in [5.41, 5.74) is 10.5. The second-order valence-corrected chi connectivity index (χ2v) is 4.19. The molecule has 0 radical (unpaired) electrons. The summed E-state index contributed by atoms with van der Waals surface area (Å²) in [5.74, 6) is -0.625. The van der Waals surface area contributed by atoms with Gasteiger partial charge in [-0.2, -0.15) is 0 Å². The second-order valence-electron chi connectivity index (χ2n) is 4.19. The standard InChI is InChI=1S/C9H14N2O2/c10-8(12)6-4-1-2-5(3-4)7(6)9(11)13/h4-7H,1-3H2,(H2,10,12)(H2,11,13)/t4-,5+,6-,7-/m1/s1. The summed E-state index contributed by atoms with van der Waals surface area (Å²) in [6, 6.07) is 0. The van der Waals surface area contributed by atoms with Gasteiger partial charge in [0.2, 0.25) is 11.8 Å². The van der Waals surface area contributed by atoms with Crippen LogP contribution in [-0.4, -0.2) is 11.8 Å². The molecule has 0 aromatic rings. The third kappa shape index (κ3) is 1.12. The van der Waals surface area contributed by atoms with Gasteiger partial charge in [-0.1, -0.05) is 0 Å². The predicted molar refractivity (Wildman–Crippen MR) is 46.2 cm³/mol. The van der Waals surface area contributed by atoms with Gasteiger partial charge in [-0.05, 0) is 31.1 Å². The third-order valence-corrected chi connectivity index (χ3v) is 3.57. The first-order chi connectivity index (χ1) is 6.11. The van der Waals surface area contributed by atoms with Crippen molar-refractivity contribution in [3.63, 3.8) is 0 Å². The van der Waals surface area contributed by atoms with Crippen molar-refractivity contribution in [2.24, 2.45) is 35.1 Å². The van der Waals surface area contributed by atoms with Crippen molar-refractivity contribution in [1.82, 2.24) is 0 Å². The Balaban J connectivity index is 2.24. The quantitative estimate of drug-likeness (QED) is 0.609. The van der Waals surface area contributed by atoms with Crippen molar-refractivity contribution in [2.45, 2.75) is 19.3 Å². The minimum absolute atomic E-state index is 0.281. The maximum absolute atomic E-state index is 11.1. The molecule has 2 saturated carbocycles. The molecule has 0 heterocycles. The Morgan fingerprint density at radius 1 is 0.923 bits per heavy atom. The Labute approximate surface area is 76.6 Å². The number of primary amides is 2. The van der Waals surface area contributed by atoms with E-state index >= 15 is 0 Å². The minimum atomic E-state index is -0.351. The first-order valence-corrected chi connectivity index (χ1v) is 4.70. The Morgan fingerprint density at radius 3 is 1.62 bits per heavy atom. The molecule has 2 bridgehead atoms. The molecule has 2 amide bonds. The summed E-state index contributed by atoms with van der Waals surface area (Å²) in [6.45, 7) is 0. The monoisotopic (exact) mass is 182 g/mol. The van der Waals surface area contributed by atoms with E-state index in [4.69, 9.17) is 11.5 Å². The largest absolute Gasteiger partial charge is 0.369 e. The van der Waals surface area contributed by atoms with Crippen LogP contribution in [-0.2, 0) is 9.59 Å². The maximum atomic E-state index is 11.1. The fourth-order valence-electron chi connectivity index (χ4n) is 3.11. The van der Waals surface area contributed by atoms with Crippen molar-refractivity contribution < 1.29 is 9.59 Å². The van der Waals surface area contributed by atoms with Gasteiger partial charge in [0.1, 0.15) is 0 Å². The van der Waals surface area contributed by atoms with Gasteiger partial charge >= 0.3 is 0 Å². The molecular formula is C9H14N2O2. The number of carbonyl (C=O) groups excluding carboxylic acids is 2. The SMILES string of the molecule is NC(=O)[C@@H]1[C@@H]2CC[C@@H](C2)[C@H]1C(N)=O. The maximum Gasteiger partial charge on any atom is 0.221 e. The summed E-state index contributed by atoms with van der Waals surface area (Å²) in [5, 5.41) is 0. The van der Waals surface area contributed by atoms with E-state index in [1.165, 1.54) is 0 Å². The molecule has 0 unspecified atom stereocenters.